The van der Waals surface area contributed by atoms with Gasteiger partial charge in [0.15, 0.2) is 0 Å². The Bertz CT molecular complexity index is 518. The number of carbonyl (C=O) groups excluding carboxylic acids is 1. The fraction of sp³-hybridized carbons (Fsp3) is 0.417. The number of amides is 1. The molecule has 0 aliphatic rings. The van der Waals surface area contributed by atoms with Crippen LogP contribution in [0, 0.1) is 5.92 Å². The summed E-state index contributed by atoms with van der Waals surface area (Å²) in [5, 5.41) is 10.8. The van der Waals surface area contributed by atoms with Crippen LogP contribution in [0.25, 0.3) is 0 Å². The van der Waals surface area contributed by atoms with Crippen LogP contribution < -0.4 is 5.32 Å². The average Bonchev–Trinajstić information content (AvgIpc) is 2.96. The second-order valence-electron chi connectivity index (χ2n) is 4.45. The number of nitrogens with one attached hydrogen (secondary N) is 1. The summed E-state index contributed by atoms with van der Waals surface area (Å²) in [6.07, 6.45) is 1.50. The molecule has 0 aliphatic carbocycles. The van der Waals surface area contributed by atoms with Gasteiger partial charge in [-0.3, -0.25) is 9.48 Å². The van der Waals surface area contributed by atoms with Crippen molar-refractivity contribution in [3.63, 3.8) is 0 Å². The van der Waals surface area contributed by atoms with Crippen LogP contribution >= 0.6 is 11.3 Å². The number of aromatic nitrogens is 3. The van der Waals surface area contributed by atoms with E-state index in [1.54, 1.807) is 4.68 Å². The van der Waals surface area contributed by atoms with Gasteiger partial charge in [-0.15, -0.1) is 0 Å². The van der Waals surface area contributed by atoms with E-state index in [-0.39, 0.29) is 17.9 Å². The molecular weight excluding hydrogens is 248 g/mol. The molecule has 0 radical (unpaired) electrons. The van der Waals surface area contributed by atoms with Crippen molar-refractivity contribution in [3.05, 3.63) is 34.5 Å². The monoisotopic (exact) mass is 264 g/mol. The summed E-state index contributed by atoms with van der Waals surface area (Å²) in [7, 11) is 1.83. The van der Waals surface area contributed by atoms with E-state index < -0.39 is 0 Å². The number of hydrogen-bond acceptors (Lipinski definition) is 4. The zero-order valence-electron chi connectivity index (χ0n) is 10.6. The first-order valence-corrected chi connectivity index (χ1v) is 6.71. The van der Waals surface area contributed by atoms with E-state index in [2.05, 4.69) is 15.4 Å². The van der Waals surface area contributed by atoms with Crippen molar-refractivity contribution in [1.82, 2.24) is 20.1 Å². The third-order valence-electron chi connectivity index (χ3n) is 2.76. The fourth-order valence-corrected chi connectivity index (χ4v) is 2.37. The first-order chi connectivity index (χ1) is 8.59. The molecule has 0 unspecified atom stereocenters. The molecule has 2 rings (SSSR count). The van der Waals surface area contributed by atoms with Gasteiger partial charge in [-0.25, -0.2) is 4.98 Å². The molecule has 0 bridgehead atoms. The summed E-state index contributed by atoms with van der Waals surface area (Å²) < 4.78 is 1.69. The van der Waals surface area contributed by atoms with Crippen LogP contribution in [0.5, 0.6) is 0 Å². The molecule has 2 heterocycles. The lowest BCUT2D eigenvalue weighted by molar-refractivity contribution is 0.0922. The summed E-state index contributed by atoms with van der Waals surface area (Å²) in [5.41, 5.74) is 0.688. The third kappa shape index (κ3) is 2.59. The summed E-state index contributed by atoms with van der Waals surface area (Å²) in [4.78, 5) is 16.3. The molecule has 0 aromatic carbocycles. The molecule has 18 heavy (non-hydrogen) atoms. The Morgan fingerprint density at radius 1 is 1.50 bits per heavy atom. The second kappa shape index (κ2) is 5.30. The molecule has 0 aliphatic heterocycles. The zero-order valence-corrected chi connectivity index (χ0v) is 11.4. The Hall–Kier alpha value is -1.69. The standard InChI is InChI=1S/C12H16N4OS/c1-8(2)10(11-13-7-14-16(11)3)15-12(17)9-4-5-18-6-9/h4-8,10H,1-3H3,(H,15,17)/t10-/m0/s1. The lowest BCUT2D eigenvalue weighted by Crippen LogP contribution is -2.33. The molecule has 2 aromatic rings. The van der Waals surface area contributed by atoms with Crippen LogP contribution in [0.4, 0.5) is 0 Å². The number of rotatable bonds is 4. The number of thiophene rings is 1. The molecule has 1 amide bonds. The molecule has 0 fully saturated rings. The maximum atomic E-state index is 12.1. The van der Waals surface area contributed by atoms with Crippen molar-refractivity contribution >= 4 is 17.2 Å². The Labute approximate surface area is 110 Å². The van der Waals surface area contributed by atoms with E-state index in [0.29, 0.717) is 5.56 Å². The predicted octanol–water partition coefficient (Wildman–Crippen LogP) is 2.00. The highest BCUT2D eigenvalue weighted by Crippen LogP contribution is 2.19. The maximum absolute atomic E-state index is 12.1. The van der Waals surface area contributed by atoms with Gasteiger partial charge in [0.05, 0.1) is 11.6 Å². The lowest BCUT2D eigenvalue weighted by atomic mass is 10.0. The van der Waals surface area contributed by atoms with E-state index in [9.17, 15) is 4.79 Å². The fourth-order valence-electron chi connectivity index (χ4n) is 1.73. The normalized spacial score (nSPS) is 12.7. The van der Waals surface area contributed by atoms with E-state index in [4.69, 9.17) is 0 Å². The van der Waals surface area contributed by atoms with Crippen LogP contribution in [0.15, 0.2) is 23.2 Å². The molecule has 2 aromatic heterocycles. The van der Waals surface area contributed by atoms with Crippen LogP contribution in [0.3, 0.4) is 0 Å². The molecule has 0 saturated heterocycles. The number of carbonyl (C=O) groups is 1. The van der Waals surface area contributed by atoms with Gasteiger partial charge in [0.25, 0.3) is 5.91 Å². The minimum Gasteiger partial charge on any atom is -0.342 e. The smallest absolute Gasteiger partial charge is 0.252 e. The average molecular weight is 264 g/mol. The second-order valence-corrected chi connectivity index (χ2v) is 5.23. The van der Waals surface area contributed by atoms with E-state index in [1.165, 1.54) is 17.7 Å². The first-order valence-electron chi connectivity index (χ1n) is 5.76. The van der Waals surface area contributed by atoms with Crippen molar-refractivity contribution < 1.29 is 4.79 Å². The predicted molar refractivity (Wildman–Crippen MR) is 70.4 cm³/mol. The van der Waals surface area contributed by atoms with Gasteiger partial charge in [-0.05, 0) is 17.4 Å². The van der Waals surface area contributed by atoms with Gasteiger partial charge in [0.2, 0.25) is 0 Å². The van der Waals surface area contributed by atoms with Gasteiger partial charge in [-0.1, -0.05) is 13.8 Å². The molecule has 0 saturated carbocycles. The zero-order chi connectivity index (χ0) is 13.1. The van der Waals surface area contributed by atoms with Gasteiger partial charge in [-0.2, -0.15) is 16.4 Å². The van der Waals surface area contributed by atoms with Crippen LogP contribution in [0.1, 0.15) is 36.1 Å². The van der Waals surface area contributed by atoms with Gasteiger partial charge in [0, 0.05) is 12.4 Å². The largest absolute Gasteiger partial charge is 0.342 e. The van der Waals surface area contributed by atoms with E-state index in [1.807, 2.05) is 37.7 Å². The minimum atomic E-state index is -0.134. The Morgan fingerprint density at radius 2 is 2.28 bits per heavy atom. The van der Waals surface area contributed by atoms with Crippen molar-refractivity contribution in [2.75, 3.05) is 0 Å². The van der Waals surface area contributed by atoms with E-state index >= 15 is 0 Å². The highest BCUT2D eigenvalue weighted by Gasteiger charge is 2.23. The summed E-state index contributed by atoms with van der Waals surface area (Å²) in [6, 6.07) is 1.68. The van der Waals surface area contributed by atoms with Crippen LogP contribution in [-0.4, -0.2) is 20.7 Å². The molecule has 6 heteroatoms. The van der Waals surface area contributed by atoms with Gasteiger partial charge >= 0.3 is 0 Å². The SMILES string of the molecule is CC(C)[C@H](NC(=O)c1ccsc1)c1ncnn1C. The highest BCUT2D eigenvalue weighted by atomic mass is 32.1. The Morgan fingerprint density at radius 3 is 2.78 bits per heavy atom. The summed E-state index contributed by atoms with van der Waals surface area (Å²) in [5.74, 6) is 0.946. The summed E-state index contributed by atoms with van der Waals surface area (Å²) in [6.45, 7) is 4.10. The molecule has 5 nitrogen and oxygen atoms in total. The molecule has 96 valence electrons. The van der Waals surface area contributed by atoms with Crippen LogP contribution in [-0.2, 0) is 7.05 Å². The van der Waals surface area contributed by atoms with E-state index in [0.717, 1.165) is 5.82 Å². The van der Waals surface area contributed by atoms with Crippen molar-refractivity contribution in [2.24, 2.45) is 13.0 Å². The number of nitrogens with zero attached hydrogens (tertiary/aromatic N) is 3. The first kappa shape index (κ1) is 12.8. The van der Waals surface area contributed by atoms with Crippen molar-refractivity contribution in [1.29, 1.82) is 0 Å². The van der Waals surface area contributed by atoms with Crippen molar-refractivity contribution in [3.8, 4) is 0 Å². The van der Waals surface area contributed by atoms with Crippen LogP contribution in [0.2, 0.25) is 0 Å². The molecule has 1 N–H and O–H groups in total. The van der Waals surface area contributed by atoms with Gasteiger partial charge in [0.1, 0.15) is 12.2 Å². The summed E-state index contributed by atoms with van der Waals surface area (Å²) >= 11 is 1.51. The molecule has 0 spiro atoms. The Kier molecular flexibility index (Phi) is 3.76. The van der Waals surface area contributed by atoms with Crippen molar-refractivity contribution in [2.45, 2.75) is 19.9 Å². The maximum Gasteiger partial charge on any atom is 0.252 e. The Balaban J connectivity index is 2.18. The third-order valence-corrected chi connectivity index (χ3v) is 3.44. The number of hydrogen-bond donors (Lipinski definition) is 1. The molecule has 1 atom stereocenters. The number of aryl methyl sites for hydroxylation is 1. The molecular formula is C12H16N4OS. The van der Waals surface area contributed by atoms with Gasteiger partial charge < -0.3 is 5.32 Å². The quantitative estimate of drug-likeness (QED) is 0.919. The minimum absolute atomic E-state index is 0.0713. The highest BCUT2D eigenvalue weighted by molar-refractivity contribution is 7.08. The lowest BCUT2D eigenvalue weighted by Gasteiger charge is -2.21. The topological polar surface area (TPSA) is 59.8 Å².